The fraction of sp³-hybridized carbons (Fsp3) is 0.480. The maximum Gasteiger partial charge on any atom is 0.171 e. The lowest BCUT2D eigenvalue weighted by Crippen LogP contribution is -2.57. The first kappa shape index (κ1) is 20.8. The quantitative estimate of drug-likeness (QED) is 0.657. The SMILES string of the molecule is C[C@H]1C[C@]2(CCN1Cc1ccc(O)c(C3CCC3)c1)C(=O)CSN2c1cccc(F)c1. The first-order chi connectivity index (χ1) is 15.0. The Hall–Kier alpha value is -2.05. The van der Waals surface area contributed by atoms with Crippen LogP contribution in [0.15, 0.2) is 42.5 Å². The van der Waals surface area contributed by atoms with Gasteiger partial charge < -0.3 is 9.41 Å². The molecule has 0 unspecified atom stereocenters. The van der Waals surface area contributed by atoms with Crippen LogP contribution in [0.3, 0.4) is 0 Å². The summed E-state index contributed by atoms with van der Waals surface area (Å²) in [6, 6.07) is 12.8. The molecular formula is C25H29FN2O2S. The monoisotopic (exact) mass is 440 g/mol. The number of carbonyl (C=O) groups excluding carboxylic acids is 1. The first-order valence-corrected chi connectivity index (χ1v) is 12.2. The van der Waals surface area contributed by atoms with Crippen molar-refractivity contribution in [3.05, 3.63) is 59.4 Å². The van der Waals surface area contributed by atoms with Gasteiger partial charge in [-0.3, -0.25) is 9.69 Å². The number of hydrogen-bond donors (Lipinski definition) is 1. The standard InChI is InChI=1S/C25H29FN2O2S/c1-17-14-25(24(30)16-31-28(25)21-7-3-6-20(26)13-21)10-11-27(17)15-18-8-9-23(29)22(12-18)19-4-2-5-19/h3,6-9,12-13,17,19,29H,2,4-5,10-11,14-16H2,1H3/t17-,25+/m0/s1. The molecule has 0 bridgehead atoms. The van der Waals surface area contributed by atoms with Crippen LogP contribution in [0, 0.1) is 5.82 Å². The van der Waals surface area contributed by atoms with Gasteiger partial charge in [0.25, 0.3) is 0 Å². The second kappa shape index (κ2) is 8.14. The van der Waals surface area contributed by atoms with Crippen molar-refractivity contribution in [2.75, 3.05) is 16.6 Å². The zero-order valence-corrected chi connectivity index (χ0v) is 18.7. The van der Waals surface area contributed by atoms with Crippen molar-refractivity contribution in [1.29, 1.82) is 0 Å². The molecule has 2 heterocycles. The normalized spacial score (nSPS) is 27.1. The molecule has 1 saturated carbocycles. The van der Waals surface area contributed by atoms with Gasteiger partial charge in [-0.25, -0.2) is 4.39 Å². The summed E-state index contributed by atoms with van der Waals surface area (Å²) in [5, 5.41) is 10.3. The van der Waals surface area contributed by atoms with Gasteiger partial charge in [0, 0.05) is 19.1 Å². The summed E-state index contributed by atoms with van der Waals surface area (Å²) in [7, 11) is 0. The Labute approximate surface area is 187 Å². The minimum Gasteiger partial charge on any atom is -0.508 e. The fourth-order valence-corrected chi connectivity index (χ4v) is 6.64. The van der Waals surface area contributed by atoms with E-state index in [-0.39, 0.29) is 17.6 Å². The van der Waals surface area contributed by atoms with Crippen molar-refractivity contribution in [1.82, 2.24) is 4.90 Å². The Morgan fingerprint density at radius 3 is 2.77 bits per heavy atom. The lowest BCUT2D eigenvalue weighted by molar-refractivity contribution is -0.123. The molecule has 1 N–H and O–H groups in total. The Kier molecular flexibility index (Phi) is 5.47. The number of anilines is 1. The van der Waals surface area contributed by atoms with Crippen molar-refractivity contribution in [3.63, 3.8) is 0 Å². The molecule has 1 aliphatic carbocycles. The van der Waals surface area contributed by atoms with Gasteiger partial charge in [-0.15, -0.1) is 0 Å². The zero-order valence-electron chi connectivity index (χ0n) is 17.9. The number of rotatable bonds is 4. The maximum atomic E-state index is 13.9. The Balaban J connectivity index is 1.33. The van der Waals surface area contributed by atoms with Crippen molar-refractivity contribution >= 4 is 23.4 Å². The van der Waals surface area contributed by atoms with E-state index in [2.05, 4.69) is 22.2 Å². The van der Waals surface area contributed by atoms with E-state index >= 15 is 0 Å². The van der Waals surface area contributed by atoms with Crippen LogP contribution >= 0.6 is 11.9 Å². The molecule has 3 aliphatic rings. The Morgan fingerprint density at radius 1 is 1.23 bits per heavy atom. The van der Waals surface area contributed by atoms with Gasteiger partial charge in [-0.05, 0) is 85.9 Å². The molecule has 164 valence electrons. The topological polar surface area (TPSA) is 43.8 Å². The fourth-order valence-electron chi connectivity index (χ4n) is 5.34. The third-order valence-electron chi connectivity index (χ3n) is 7.37. The highest BCUT2D eigenvalue weighted by Gasteiger charge is 2.52. The van der Waals surface area contributed by atoms with E-state index in [1.807, 2.05) is 18.2 Å². The van der Waals surface area contributed by atoms with Crippen LogP contribution in [0.25, 0.3) is 0 Å². The van der Waals surface area contributed by atoms with Gasteiger partial charge in [-0.2, -0.15) is 0 Å². The summed E-state index contributed by atoms with van der Waals surface area (Å²) in [6.45, 7) is 3.83. The van der Waals surface area contributed by atoms with Crippen molar-refractivity contribution < 1.29 is 14.3 Å². The molecule has 6 heteroatoms. The zero-order chi connectivity index (χ0) is 21.6. The number of piperidine rings is 1. The number of nitrogens with zero attached hydrogens (tertiary/aromatic N) is 2. The van der Waals surface area contributed by atoms with Crippen LogP contribution in [0.1, 0.15) is 56.1 Å². The third-order valence-corrected chi connectivity index (χ3v) is 8.58. The Bertz CT molecular complexity index is 995. The molecule has 2 atom stereocenters. The molecular weight excluding hydrogens is 411 g/mol. The molecule has 0 aromatic heterocycles. The summed E-state index contributed by atoms with van der Waals surface area (Å²) in [5.41, 5.74) is 2.53. The molecule has 31 heavy (non-hydrogen) atoms. The lowest BCUT2D eigenvalue weighted by Gasteiger charge is -2.47. The van der Waals surface area contributed by atoms with E-state index in [9.17, 15) is 14.3 Å². The maximum absolute atomic E-state index is 13.9. The minimum atomic E-state index is -0.555. The molecule has 3 fully saturated rings. The van der Waals surface area contributed by atoms with Gasteiger partial charge in [0.15, 0.2) is 5.78 Å². The molecule has 5 rings (SSSR count). The lowest BCUT2D eigenvalue weighted by atomic mass is 9.78. The second-order valence-corrected chi connectivity index (χ2v) is 10.2. The van der Waals surface area contributed by atoms with Crippen LogP contribution in [-0.4, -0.2) is 39.7 Å². The summed E-state index contributed by atoms with van der Waals surface area (Å²) in [6.07, 6.45) is 5.05. The predicted molar refractivity (Wildman–Crippen MR) is 123 cm³/mol. The highest BCUT2D eigenvalue weighted by Crippen LogP contribution is 2.46. The van der Waals surface area contributed by atoms with E-state index in [1.54, 1.807) is 6.07 Å². The smallest absolute Gasteiger partial charge is 0.171 e. The van der Waals surface area contributed by atoms with Crippen LogP contribution in [-0.2, 0) is 11.3 Å². The van der Waals surface area contributed by atoms with Gasteiger partial charge in [0.2, 0.25) is 0 Å². The van der Waals surface area contributed by atoms with Crippen molar-refractivity contribution in [2.24, 2.45) is 0 Å². The van der Waals surface area contributed by atoms with Crippen molar-refractivity contribution in [3.8, 4) is 5.75 Å². The number of benzene rings is 2. The van der Waals surface area contributed by atoms with E-state index in [0.717, 1.165) is 50.0 Å². The van der Waals surface area contributed by atoms with E-state index in [1.165, 1.54) is 36.1 Å². The minimum absolute atomic E-state index is 0.230. The first-order valence-electron chi connectivity index (χ1n) is 11.2. The third kappa shape index (κ3) is 3.74. The summed E-state index contributed by atoms with van der Waals surface area (Å²) >= 11 is 1.51. The number of likely N-dealkylation sites (tertiary alicyclic amines) is 1. The number of hydrogen-bond acceptors (Lipinski definition) is 5. The summed E-state index contributed by atoms with van der Waals surface area (Å²) < 4.78 is 15.9. The van der Waals surface area contributed by atoms with Gasteiger partial charge in [-0.1, -0.05) is 24.6 Å². The number of ketones is 1. The summed E-state index contributed by atoms with van der Waals surface area (Å²) in [5.74, 6) is 1.34. The van der Waals surface area contributed by atoms with Crippen molar-refractivity contribution in [2.45, 2.75) is 63.1 Å². The Morgan fingerprint density at radius 2 is 2.06 bits per heavy atom. The number of phenols is 1. The average molecular weight is 441 g/mol. The molecule has 0 amide bonds. The molecule has 1 spiro atoms. The highest BCUT2D eigenvalue weighted by molar-refractivity contribution is 8.02. The highest BCUT2D eigenvalue weighted by atomic mass is 32.2. The number of phenolic OH excluding ortho intramolecular Hbond substituents is 1. The van der Waals surface area contributed by atoms with Crippen LogP contribution in [0.5, 0.6) is 5.75 Å². The number of halogens is 1. The second-order valence-electron chi connectivity index (χ2n) is 9.30. The van der Waals surface area contributed by atoms with Gasteiger partial charge in [0.05, 0.1) is 11.4 Å². The molecule has 2 aromatic rings. The molecule has 4 nitrogen and oxygen atoms in total. The van der Waals surface area contributed by atoms with E-state index in [0.29, 0.717) is 17.4 Å². The van der Waals surface area contributed by atoms with E-state index < -0.39 is 5.54 Å². The molecule has 2 aromatic carbocycles. The molecule has 2 aliphatic heterocycles. The largest absolute Gasteiger partial charge is 0.508 e. The number of aromatic hydroxyl groups is 1. The predicted octanol–water partition coefficient (Wildman–Crippen LogP) is 5.26. The van der Waals surface area contributed by atoms with E-state index in [4.69, 9.17) is 0 Å². The number of carbonyl (C=O) groups is 1. The van der Waals surface area contributed by atoms with Crippen LogP contribution in [0.2, 0.25) is 0 Å². The molecule has 2 saturated heterocycles. The van der Waals surface area contributed by atoms with Gasteiger partial charge in [0.1, 0.15) is 17.1 Å². The average Bonchev–Trinajstić information content (AvgIpc) is 3.01. The number of Topliss-reactive ketones (excluding diaryl/α,β-unsaturated/α-hetero) is 1. The summed E-state index contributed by atoms with van der Waals surface area (Å²) in [4.78, 5) is 15.5. The van der Waals surface area contributed by atoms with Crippen LogP contribution in [0.4, 0.5) is 10.1 Å². The van der Waals surface area contributed by atoms with Crippen LogP contribution < -0.4 is 4.31 Å². The molecule has 0 radical (unpaired) electrons. The van der Waals surface area contributed by atoms with Gasteiger partial charge >= 0.3 is 0 Å².